The van der Waals surface area contributed by atoms with Crippen LogP contribution in [0.15, 0.2) is 36.4 Å². The summed E-state index contributed by atoms with van der Waals surface area (Å²) in [6.45, 7) is 0.455. The van der Waals surface area contributed by atoms with Gasteiger partial charge in [0.25, 0.3) is 17.5 Å². The Labute approximate surface area is 175 Å². The summed E-state index contributed by atoms with van der Waals surface area (Å²) in [5, 5.41) is 16.1. The van der Waals surface area contributed by atoms with Crippen LogP contribution in [0.2, 0.25) is 10.0 Å². The monoisotopic (exact) mass is 439 g/mol. The summed E-state index contributed by atoms with van der Waals surface area (Å²) in [5.74, 6) is -2.16. The number of benzene rings is 2. The van der Waals surface area contributed by atoms with E-state index in [1.807, 2.05) is 0 Å². The summed E-state index contributed by atoms with van der Waals surface area (Å²) >= 11 is 11.7. The molecule has 0 fully saturated rings. The third-order valence-electron chi connectivity index (χ3n) is 3.62. The maximum Gasteiger partial charge on any atom is 0.325 e. The number of amides is 2. The van der Waals surface area contributed by atoms with Crippen molar-refractivity contribution in [3.8, 4) is 0 Å². The van der Waals surface area contributed by atoms with Gasteiger partial charge in [-0.25, -0.2) is 0 Å². The van der Waals surface area contributed by atoms with Crippen LogP contribution in [0.4, 0.5) is 11.4 Å². The normalized spacial score (nSPS) is 10.2. The zero-order valence-electron chi connectivity index (χ0n) is 15.0. The molecule has 0 bridgehead atoms. The fourth-order valence-corrected chi connectivity index (χ4v) is 2.69. The summed E-state index contributed by atoms with van der Waals surface area (Å²) in [6.07, 6.45) is 0. The number of esters is 1. The smallest absolute Gasteiger partial charge is 0.325 e. The van der Waals surface area contributed by atoms with Crippen LogP contribution in [0.25, 0.3) is 0 Å². The van der Waals surface area contributed by atoms with Gasteiger partial charge in [0.15, 0.2) is 6.61 Å². The van der Waals surface area contributed by atoms with Gasteiger partial charge in [-0.3, -0.25) is 24.5 Å². The molecule has 0 saturated carbocycles. The first-order valence-corrected chi connectivity index (χ1v) is 8.86. The lowest BCUT2D eigenvalue weighted by Gasteiger charge is -2.09. The maximum absolute atomic E-state index is 12.0. The van der Waals surface area contributed by atoms with Gasteiger partial charge in [0.05, 0.1) is 15.5 Å². The fraction of sp³-hybridized carbons (Fsp3) is 0.167. The summed E-state index contributed by atoms with van der Waals surface area (Å²) < 4.78 is 4.76. The van der Waals surface area contributed by atoms with Gasteiger partial charge < -0.3 is 15.4 Å². The molecule has 29 heavy (non-hydrogen) atoms. The van der Waals surface area contributed by atoms with Crippen LogP contribution in [0.1, 0.15) is 15.9 Å². The Hall–Kier alpha value is -3.17. The van der Waals surface area contributed by atoms with Gasteiger partial charge in [-0.2, -0.15) is 0 Å². The van der Waals surface area contributed by atoms with Gasteiger partial charge >= 0.3 is 5.97 Å². The van der Waals surface area contributed by atoms with E-state index >= 15 is 0 Å². The average molecular weight is 440 g/mol. The standard InChI is InChI=1S/C18H15Cl2N3O6/c1-10-2-4-12(7-15(10)23(27)28)22-16(24)9-29-17(25)8-21-18(26)13-5-3-11(19)6-14(13)20/h2-7H,8-9H2,1H3,(H,21,26)(H,22,24). The largest absolute Gasteiger partial charge is 0.454 e. The molecule has 0 aliphatic carbocycles. The first-order chi connectivity index (χ1) is 13.7. The Morgan fingerprint density at radius 1 is 1.14 bits per heavy atom. The number of carbonyl (C=O) groups excluding carboxylic acids is 3. The van der Waals surface area contributed by atoms with E-state index in [1.54, 1.807) is 6.92 Å². The molecule has 0 spiro atoms. The average Bonchev–Trinajstić information content (AvgIpc) is 2.65. The van der Waals surface area contributed by atoms with Crippen LogP contribution in [-0.2, 0) is 14.3 Å². The molecule has 0 saturated heterocycles. The minimum Gasteiger partial charge on any atom is -0.454 e. The van der Waals surface area contributed by atoms with Gasteiger partial charge in [-0.1, -0.05) is 29.3 Å². The van der Waals surface area contributed by atoms with Crippen LogP contribution >= 0.6 is 23.2 Å². The molecule has 2 aromatic carbocycles. The molecule has 0 aliphatic rings. The van der Waals surface area contributed by atoms with Gasteiger partial charge in [0.1, 0.15) is 6.54 Å². The second kappa shape index (κ2) is 9.85. The van der Waals surface area contributed by atoms with Crippen LogP contribution in [0, 0.1) is 17.0 Å². The van der Waals surface area contributed by atoms with E-state index in [0.717, 1.165) is 0 Å². The van der Waals surface area contributed by atoms with Crippen molar-refractivity contribution in [2.24, 2.45) is 0 Å². The molecular formula is C18H15Cl2N3O6. The number of nitrogens with one attached hydrogen (secondary N) is 2. The third-order valence-corrected chi connectivity index (χ3v) is 4.17. The lowest BCUT2D eigenvalue weighted by molar-refractivity contribution is -0.385. The second-order valence-electron chi connectivity index (χ2n) is 5.77. The van der Waals surface area contributed by atoms with Crippen molar-refractivity contribution >= 4 is 52.4 Å². The minimum absolute atomic E-state index is 0.120. The lowest BCUT2D eigenvalue weighted by Crippen LogP contribution is -2.32. The van der Waals surface area contributed by atoms with E-state index in [1.165, 1.54) is 36.4 Å². The Kier molecular flexibility index (Phi) is 7.52. The number of ether oxygens (including phenoxy) is 1. The zero-order valence-corrected chi connectivity index (χ0v) is 16.5. The number of hydrogen-bond donors (Lipinski definition) is 2. The van der Waals surface area contributed by atoms with E-state index in [4.69, 9.17) is 27.9 Å². The molecule has 2 aromatic rings. The van der Waals surface area contributed by atoms with Crippen molar-refractivity contribution in [1.82, 2.24) is 5.32 Å². The summed E-state index contributed by atoms with van der Waals surface area (Å²) in [7, 11) is 0. The molecule has 0 aliphatic heterocycles. The van der Waals surface area contributed by atoms with Crippen LogP contribution in [0.5, 0.6) is 0 Å². The van der Waals surface area contributed by atoms with E-state index in [-0.39, 0.29) is 22.0 Å². The summed E-state index contributed by atoms with van der Waals surface area (Å²) in [4.78, 5) is 45.9. The highest BCUT2D eigenvalue weighted by molar-refractivity contribution is 6.36. The number of carbonyl (C=O) groups is 3. The molecule has 2 N–H and O–H groups in total. The van der Waals surface area contributed by atoms with Crippen molar-refractivity contribution in [3.05, 3.63) is 67.7 Å². The van der Waals surface area contributed by atoms with E-state index in [2.05, 4.69) is 10.6 Å². The predicted molar refractivity (Wildman–Crippen MR) is 106 cm³/mol. The van der Waals surface area contributed by atoms with Crippen molar-refractivity contribution in [2.45, 2.75) is 6.92 Å². The molecule has 0 unspecified atom stereocenters. The number of aryl methyl sites for hydroxylation is 1. The van der Waals surface area contributed by atoms with Crippen LogP contribution < -0.4 is 10.6 Å². The van der Waals surface area contributed by atoms with Crippen molar-refractivity contribution in [1.29, 1.82) is 0 Å². The number of halogens is 2. The van der Waals surface area contributed by atoms with Gasteiger partial charge in [-0.05, 0) is 31.2 Å². The quantitative estimate of drug-likeness (QED) is 0.387. The molecule has 11 heteroatoms. The highest BCUT2D eigenvalue weighted by Crippen LogP contribution is 2.22. The highest BCUT2D eigenvalue weighted by Gasteiger charge is 2.15. The molecule has 9 nitrogen and oxygen atoms in total. The summed E-state index contributed by atoms with van der Waals surface area (Å²) in [5.41, 5.74) is 0.607. The molecule has 0 radical (unpaired) electrons. The lowest BCUT2D eigenvalue weighted by atomic mass is 10.2. The Morgan fingerprint density at radius 2 is 1.86 bits per heavy atom. The number of anilines is 1. The predicted octanol–water partition coefficient (Wildman–Crippen LogP) is 3.12. The Balaban J connectivity index is 1.81. The van der Waals surface area contributed by atoms with Crippen molar-refractivity contribution < 1.29 is 24.0 Å². The van der Waals surface area contributed by atoms with Crippen LogP contribution in [-0.4, -0.2) is 35.9 Å². The molecule has 2 amide bonds. The SMILES string of the molecule is Cc1ccc(NC(=O)COC(=O)CNC(=O)c2ccc(Cl)cc2Cl)cc1[N+](=O)[O-]. The molecule has 152 valence electrons. The number of nitro benzene ring substituents is 1. The van der Waals surface area contributed by atoms with E-state index in [0.29, 0.717) is 10.6 Å². The van der Waals surface area contributed by atoms with Crippen LogP contribution in [0.3, 0.4) is 0 Å². The molecule has 0 heterocycles. The third kappa shape index (κ3) is 6.44. The molecule has 0 atom stereocenters. The summed E-state index contributed by atoms with van der Waals surface area (Å²) in [6, 6.07) is 8.43. The maximum atomic E-state index is 12.0. The van der Waals surface area contributed by atoms with E-state index < -0.39 is 35.9 Å². The van der Waals surface area contributed by atoms with Crippen molar-refractivity contribution in [2.75, 3.05) is 18.5 Å². The molecule has 2 rings (SSSR count). The number of nitrogens with zero attached hydrogens (tertiary/aromatic N) is 1. The van der Waals surface area contributed by atoms with E-state index in [9.17, 15) is 24.5 Å². The minimum atomic E-state index is -0.853. The zero-order chi connectivity index (χ0) is 21.6. The Bertz CT molecular complexity index is 980. The number of nitro groups is 1. The van der Waals surface area contributed by atoms with Gasteiger partial charge in [0, 0.05) is 22.3 Å². The first kappa shape index (κ1) is 22.1. The Morgan fingerprint density at radius 3 is 2.52 bits per heavy atom. The number of rotatable bonds is 7. The highest BCUT2D eigenvalue weighted by atomic mass is 35.5. The van der Waals surface area contributed by atoms with Gasteiger partial charge in [-0.15, -0.1) is 0 Å². The van der Waals surface area contributed by atoms with Gasteiger partial charge in [0.2, 0.25) is 0 Å². The first-order valence-electron chi connectivity index (χ1n) is 8.11. The topological polar surface area (TPSA) is 128 Å². The number of hydrogen-bond acceptors (Lipinski definition) is 6. The molecular weight excluding hydrogens is 425 g/mol. The second-order valence-corrected chi connectivity index (χ2v) is 6.62. The molecule has 0 aromatic heterocycles. The van der Waals surface area contributed by atoms with Crippen molar-refractivity contribution in [3.63, 3.8) is 0 Å². The fourth-order valence-electron chi connectivity index (χ4n) is 2.20.